The van der Waals surface area contributed by atoms with E-state index < -0.39 is 0 Å². The molecule has 1 aliphatic rings. The van der Waals surface area contributed by atoms with Crippen LogP contribution in [-0.4, -0.2) is 80.1 Å². The van der Waals surface area contributed by atoms with Crippen molar-refractivity contribution in [3.8, 4) is 0 Å². The Bertz CT molecular complexity index is 755. The molecule has 8 heteroatoms. The predicted molar refractivity (Wildman–Crippen MR) is 98.6 cm³/mol. The number of nitrogens with zero attached hydrogens (tertiary/aromatic N) is 3. The first-order chi connectivity index (χ1) is 12.6. The summed E-state index contributed by atoms with van der Waals surface area (Å²) in [6.07, 6.45) is -0.0760. The number of aryl methyl sites for hydroxylation is 1. The fourth-order valence-electron chi connectivity index (χ4n) is 3.01. The Labute approximate surface area is 153 Å². The van der Waals surface area contributed by atoms with Crippen LogP contribution in [0.15, 0.2) is 18.2 Å². The Hall–Kier alpha value is -2.16. The molecule has 1 fully saturated rings. The summed E-state index contributed by atoms with van der Waals surface area (Å²) < 4.78 is 18.0. The molecule has 2 aromatic rings. The highest BCUT2D eigenvalue weighted by atomic mass is 16.6. The van der Waals surface area contributed by atoms with Gasteiger partial charge in [0, 0.05) is 39.9 Å². The third kappa shape index (κ3) is 4.14. The van der Waals surface area contributed by atoms with E-state index >= 15 is 0 Å². The highest BCUT2D eigenvalue weighted by Crippen LogP contribution is 2.20. The number of aromatic nitrogens is 2. The van der Waals surface area contributed by atoms with Gasteiger partial charge in [0.2, 0.25) is 5.95 Å². The van der Waals surface area contributed by atoms with E-state index in [0.717, 1.165) is 17.0 Å². The molecular weight excluding hydrogens is 336 g/mol. The lowest BCUT2D eigenvalue weighted by atomic mass is 10.1. The van der Waals surface area contributed by atoms with E-state index in [1.807, 2.05) is 29.8 Å². The highest BCUT2D eigenvalue weighted by Gasteiger charge is 2.21. The van der Waals surface area contributed by atoms with Gasteiger partial charge in [-0.2, -0.15) is 0 Å². The molecule has 2 heterocycles. The van der Waals surface area contributed by atoms with Gasteiger partial charge in [0.15, 0.2) is 0 Å². The molecular formula is C18H26N4O4. The fraction of sp³-hybridized carbons (Fsp3) is 0.556. The Morgan fingerprint density at radius 2 is 2.31 bits per heavy atom. The minimum atomic E-state index is -0.0760. The van der Waals surface area contributed by atoms with Gasteiger partial charge in [0.05, 0.1) is 43.6 Å². The quantitative estimate of drug-likeness (QED) is 0.744. The number of nitrogens with one attached hydrogen (secondary N) is 1. The van der Waals surface area contributed by atoms with E-state index in [0.29, 0.717) is 45.1 Å². The zero-order chi connectivity index (χ0) is 18.5. The van der Waals surface area contributed by atoms with Crippen molar-refractivity contribution in [3.05, 3.63) is 23.8 Å². The second-order valence-electron chi connectivity index (χ2n) is 6.37. The average molecular weight is 362 g/mol. The third-order valence-electron chi connectivity index (χ3n) is 4.43. The molecule has 0 saturated carbocycles. The number of benzene rings is 1. The maximum absolute atomic E-state index is 12.7. The number of fused-ring (bicyclic) bond motifs is 1. The Morgan fingerprint density at radius 1 is 1.46 bits per heavy atom. The van der Waals surface area contributed by atoms with E-state index in [1.54, 1.807) is 19.1 Å². The molecule has 1 saturated heterocycles. The van der Waals surface area contributed by atoms with Crippen molar-refractivity contribution >= 4 is 22.9 Å². The Kier molecular flexibility index (Phi) is 6.08. The number of amides is 1. The lowest BCUT2D eigenvalue weighted by Gasteiger charge is -2.27. The van der Waals surface area contributed by atoms with E-state index in [9.17, 15) is 4.79 Å². The van der Waals surface area contributed by atoms with Gasteiger partial charge in [0.25, 0.3) is 5.91 Å². The van der Waals surface area contributed by atoms with Crippen molar-refractivity contribution in [2.75, 3.05) is 59.0 Å². The SMILES string of the molecule is COCCNc1nc2cc(C(=O)N(C)C[C@@H]3COCCO3)ccc2n1C. The minimum Gasteiger partial charge on any atom is -0.383 e. The van der Waals surface area contributed by atoms with Crippen molar-refractivity contribution in [2.24, 2.45) is 7.05 Å². The summed E-state index contributed by atoms with van der Waals surface area (Å²) >= 11 is 0. The molecule has 142 valence electrons. The largest absolute Gasteiger partial charge is 0.383 e. The normalized spacial score (nSPS) is 17.4. The summed E-state index contributed by atoms with van der Waals surface area (Å²) in [5.74, 6) is 0.698. The predicted octanol–water partition coefficient (Wildman–Crippen LogP) is 1.12. The van der Waals surface area contributed by atoms with Crippen LogP contribution in [0.3, 0.4) is 0 Å². The van der Waals surface area contributed by atoms with Crippen LogP contribution in [0.5, 0.6) is 0 Å². The number of hydrogen-bond donors (Lipinski definition) is 1. The molecule has 0 aliphatic carbocycles. The minimum absolute atomic E-state index is 0.0550. The molecule has 0 spiro atoms. The summed E-state index contributed by atoms with van der Waals surface area (Å²) in [5.41, 5.74) is 2.36. The van der Waals surface area contributed by atoms with Crippen LogP contribution in [0.25, 0.3) is 11.0 Å². The number of carbonyl (C=O) groups is 1. The molecule has 0 bridgehead atoms. The van der Waals surface area contributed by atoms with Gasteiger partial charge < -0.3 is 29.0 Å². The summed E-state index contributed by atoms with van der Waals surface area (Å²) in [6, 6.07) is 5.58. The van der Waals surface area contributed by atoms with Crippen LogP contribution in [0.2, 0.25) is 0 Å². The Morgan fingerprint density at radius 3 is 3.04 bits per heavy atom. The van der Waals surface area contributed by atoms with Crippen molar-refractivity contribution in [2.45, 2.75) is 6.10 Å². The maximum Gasteiger partial charge on any atom is 0.253 e. The number of carbonyl (C=O) groups excluding carboxylic acids is 1. The van der Waals surface area contributed by atoms with Gasteiger partial charge in [-0.1, -0.05) is 0 Å². The monoisotopic (exact) mass is 362 g/mol. The maximum atomic E-state index is 12.7. The third-order valence-corrected chi connectivity index (χ3v) is 4.43. The number of imidazole rings is 1. The second kappa shape index (κ2) is 8.48. The molecule has 0 unspecified atom stereocenters. The van der Waals surface area contributed by atoms with E-state index in [4.69, 9.17) is 14.2 Å². The van der Waals surface area contributed by atoms with Gasteiger partial charge in [-0.3, -0.25) is 4.79 Å². The van der Waals surface area contributed by atoms with E-state index in [-0.39, 0.29) is 12.0 Å². The highest BCUT2D eigenvalue weighted by molar-refractivity contribution is 5.97. The van der Waals surface area contributed by atoms with Crippen LogP contribution in [0, 0.1) is 0 Å². The van der Waals surface area contributed by atoms with Crippen molar-refractivity contribution in [3.63, 3.8) is 0 Å². The number of ether oxygens (including phenoxy) is 3. The number of methoxy groups -OCH3 is 1. The number of anilines is 1. The molecule has 8 nitrogen and oxygen atoms in total. The van der Waals surface area contributed by atoms with Crippen molar-refractivity contribution < 1.29 is 19.0 Å². The molecule has 3 rings (SSSR count). The first kappa shape index (κ1) is 18.6. The van der Waals surface area contributed by atoms with Gasteiger partial charge in [0.1, 0.15) is 0 Å². The van der Waals surface area contributed by atoms with Crippen LogP contribution in [0.4, 0.5) is 5.95 Å². The lowest BCUT2D eigenvalue weighted by molar-refractivity contribution is -0.0933. The summed E-state index contributed by atoms with van der Waals surface area (Å²) in [6.45, 7) is 3.49. The van der Waals surface area contributed by atoms with Gasteiger partial charge in [-0.25, -0.2) is 4.98 Å². The first-order valence-electron chi connectivity index (χ1n) is 8.74. The van der Waals surface area contributed by atoms with E-state index in [1.165, 1.54) is 0 Å². The summed E-state index contributed by atoms with van der Waals surface area (Å²) in [4.78, 5) is 19.0. The Balaban J connectivity index is 1.71. The number of hydrogen-bond acceptors (Lipinski definition) is 6. The molecule has 1 N–H and O–H groups in total. The first-order valence-corrected chi connectivity index (χ1v) is 8.74. The van der Waals surface area contributed by atoms with Crippen molar-refractivity contribution in [1.29, 1.82) is 0 Å². The molecule has 1 aromatic heterocycles. The summed E-state index contributed by atoms with van der Waals surface area (Å²) in [7, 11) is 5.38. The second-order valence-corrected chi connectivity index (χ2v) is 6.37. The average Bonchev–Trinajstić information content (AvgIpc) is 2.97. The van der Waals surface area contributed by atoms with E-state index in [2.05, 4.69) is 10.3 Å². The molecule has 0 radical (unpaired) electrons. The standard InChI is InChI=1S/C18H26N4O4/c1-21(11-14-12-25-8-9-26-14)17(23)13-4-5-16-15(10-13)20-18(22(16)2)19-6-7-24-3/h4-5,10,14H,6-9,11-12H2,1-3H3,(H,19,20)/t14-/m1/s1. The van der Waals surface area contributed by atoms with Crippen LogP contribution in [-0.2, 0) is 21.3 Å². The van der Waals surface area contributed by atoms with Gasteiger partial charge in [-0.05, 0) is 18.2 Å². The molecule has 1 aromatic carbocycles. The smallest absolute Gasteiger partial charge is 0.253 e. The topological polar surface area (TPSA) is 77.8 Å². The zero-order valence-corrected chi connectivity index (χ0v) is 15.5. The molecule has 1 aliphatic heterocycles. The van der Waals surface area contributed by atoms with Crippen LogP contribution >= 0.6 is 0 Å². The number of likely N-dealkylation sites (N-methyl/N-ethyl adjacent to an activating group) is 1. The molecule has 26 heavy (non-hydrogen) atoms. The van der Waals surface area contributed by atoms with Crippen LogP contribution < -0.4 is 5.32 Å². The fourth-order valence-corrected chi connectivity index (χ4v) is 3.01. The summed E-state index contributed by atoms with van der Waals surface area (Å²) in [5, 5.41) is 3.23. The molecule has 1 amide bonds. The lowest BCUT2D eigenvalue weighted by Crippen LogP contribution is -2.40. The zero-order valence-electron chi connectivity index (χ0n) is 15.5. The van der Waals surface area contributed by atoms with Gasteiger partial charge in [-0.15, -0.1) is 0 Å². The molecule has 1 atom stereocenters. The van der Waals surface area contributed by atoms with Crippen LogP contribution in [0.1, 0.15) is 10.4 Å². The number of rotatable bonds is 7. The van der Waals surface area contributed by atoms with Gasteiger partial charge >= 0.3 is 0 Å². The van der Waals surface area contributed by atoms with Crippen molar-refractivity contribution in [1.82, 2.24) is 14.5 Å².